The summed E-state index contributed by atoms with van der Waals surface area (Å²) in [5, 5.41) is 0. The molecule has 116 valence electrons. The van der Waals surface area contributed by atoms with Crippen molar-refractivity contribution in [2.75, 3.05) is 6.54 Å². The minimum atomic E-state index is -0.728. The van der Waals surface area contributed by atoms with Crippen LogP contribution in [0.4, 0.5) is 4.79 Å². The first kappa shape index (κ1) is 17.5. The van der Waals surface area contributed by atoms with Crippen LogP contribution >= 0.6 is 11.9 Å². The van der Waals surface area contributed by atoms with E-state index in [2.05, 4.69) is 0 Å². The molecular formula is C15H22N2O3S. The summed E-state index contributed by atoms with van der Waals surface area (Å²) in [6.07, 6.45) is -0.506. The number of nitrogens with zero attached hydrogens (tertiary/aromatic N) is 1. The second-order valence-electron chi connectivity index (χ2n) is 5.66. The first-order valence-corrected chi connectivity index (χ1v) is 7.46. The molecule has 6 heteroatoms. The van der Waals surface area contributed by atoms with E-state index in [9.17, 15) is 9.59 Å². The number of carbonyl (C=O) groups is 2. The van der Waals surface area contributed by atoms with E-state index >= 15 is 0 Å². The van der Waals surface area contributed by atoms with E-state index in [0.29, 0.717) is 0 Å². The molecule has 0 saturated heterocycles. The molecule has 1 aromatic rings. The van der Waals surface area contributed by atoms with Gasteiger partial charge < -0.3 is 10.5 Å². The van der Waals surface area contributed by atoms with E-state index in [1.54, 1.807) is 20.8 Å². The van der Waals surface area contributed by atoms with E-state index in [-0.39, 0.29) is 12.3 Å². The van der Waals surface area contributed by atoms with Gasteiger partial charge in [-0.25, -0.2) is 9.10 Å². The Labute approximate surface area is 130 Å². The quantitative estimate of drug-likeness (QED) is 0.847. The fraction of sp³-hybridized carbons (Fsp3) is 0.467. The standard InChI is InChI=1S/C15H22N2O3S/c1-11(18)13(16)10-17(14(19)20-15(2,3)4)21-12-8-6-5-7-9-12/h5-9,13H,10,16H2,1-4H3/t13-/m0/s1. The van der Waals surface area contributed by atoms with Crippen LogP contribution in [0, 0.1) is 0 Å². The molecular weight excluding hydrogens is 288 g/mol. The van der Waals surface area contributed by atoms with Crippen molar-refractivity contribution >= 4 is 23.8 Å². The average Bonchev–Trinajstić information content (AvgIpc) is 2.36. The molecule has 0 unspecified atom stereocenters. The Balaban J connectivity index is 2.83. The van der Waals surface area contributed by atoms with Gasteiger partial charge in [0.1, 0.15) is 11.4 Å². The SMILES string of the molecule is CC(=O)[C@@H](N)CN(Sc1ccccc1)C(=O)OC(C)(C)C. The van der Waals surface area contributed by atoms with Crippen molar-refractivity contribution in [2.45, 2.75) is 44.2 Å². The lowest BCUT2D eigenvalue weighted by atomic mass is 10.2. The summed E-state index contributed by atoms with van der Waals surface area (Å²) in [5.74, 6) is -0.169. The molecule has 1 aromatic carbocycles. The first-order chi connectivity index (χ1) is 9.69. The molecule has 0 heterocycles. The maximum atomic E-state index is 12.2. The number of rotatable bonds is 5. The molecule has 0 spiro atoms. The van der Waals surface area contributed by atoms with Crippen LogP contribution in [0.5, 0.6) is 0 Å². The van der Waals surface area contributed by atoms with Crippen molar-refractivity contribution < 1.29 is 14.3 Å². The maximum absolute atomic E-state index is 12.2. The lowest BCUT2D eigenvalue weighted by Gasteiger charge is -2.27. The Kier molecular flexibility index (Phi) is 6.23. The first-order valence-electron chi connectivity index (χ1n) is 6.68. The van der Waals surface area contributed by atoms with Crippen LogP contribution in [0.2, 0.25) is 0 Å². The Morgan fingerprint density at radius 2 is 1.86 bits per heavy atom. The minimum Gasteiger partial charge on any atom is -0.443 e. The lowest BCUT2D eigenvalue weighted by Crippen LogP contribution is -2.43. The fourth-order valence-electron chi connectivity index (χ4n) is 1.38. The monoisotopic (exact) mass is 310 g/mol. The van der Waals surface area contributed by atoms with Crippen molar-refractivity contribution in [3.05, 3.63) is 30.3 Å². The molecule has 0 aliphatic rings. The van der Waals surface area contributed by atoms with Gasteiger partial charge in [-0.2, -0.15) is 0 Å². The number of amides is 1. The average molecular weight is 310 g/mol. The van der Waals surface area contributed by atoms with E-state index in [1.165, 1.54) is 23.2 Å². The zero-order valence-corrected chi connectivity index (χ0v) is 13.6. The highest BCUT2D eigenvalue weighted by atomic mass is 32.2. The third-order valence-corrected chi connectivity index (χ3v) is 3.44. The highest BCUT2D eigenvalue weighted by Crippen LogP contribution is 2.24. The third-order valence-electron chi connectivity index (χ3n) is 2.44. The van der Waals surface area contributed by atoms with E-state index in [0.717, 1.165) is 4.90 Å². The Morgan fingerprint density at radius 3 is 2.33 bits per heavy atom. The number of benzene rings is 1. The van der Waals surface area contributed by atoms with E-state index in [4.69, 9.17) is 10.5 Å². The second kappa shape index (κ2) is 7.47. The zero-order valence-electron chi connectivity index (χ0n) is 12.8. The van der Waals surface area contributed by atoms with Gasteiger partial charge in [-0.15, -0.1) is 0 Å². The van der Waals surface area contributed by atoms with Gasteiger partial charge in [0.15, 0.2) is 0 Å². The number of Topliss-reactive ketones (excluding diaryl/α,β-unsaturated/α-hetero) is 1. The van der Waals surface area contributed by atoms with Gasteiger partial charge in [0, 0.05) is 4.90 Å². The number of hydrogen-bond acceptors (Lipinski definition) is 5. The zero-order chi connectivity index (χ0) is 16.0. The Hall–Kier alpha value is -1.53. The van der Waals surface area contributed by atoms with Crippen LogP contribution < -0.4 is 5.73 Å². The lowest BCUT2D eigenvalue weighted by molar-refractivity contribution is -0.118. The minimum absolute atomic E-state index is 0.101. The molecule has 0 bridgehead atoms. The number of ketones is 1. The molecule has 0 aliphatic heterocycles. The van der Waals surface area contributed by atoms with Crippen LogP contribution in [-0.2, 0) is 9.53 Å². The molecule has 5 nitrogen and oxygen atoms in total. The van der Waals surface area contributed by atoms with Crippen LogP contribution in [-0.4, -0.2) is 34.4 Å². The molecule has 0 radical (unpaired) electrons. The largest absolute Gasteiger partial charge is 0.443 e. The van der Waals surface area contributed by atoms with Gasteiger partial charge >= 0.3 is 6.09 Å². The molecule has 0 aliphatic carbocycles. The molecule has 0 fully saturated rings. The molecule has 1 atom stereocenters. The molecule has 0 saturated carbocycles. The normalized spacial score (nSPS) is 12.6. The molecule has 2 N–H and O–H groups in total. The fourth-order valence-corrected chi connectivity index (χ4v) is 2.26. The molecule has 0 aromatic heterocycles. The second-order valence-corrected chi connectivity index (χ2v) is 6.76. The van der Waals surface area contributed by atoms with Crippen LogP contribution in [0.15, 0.2) is 35.2 Å². The number of nitrogens with two attached hydrogens (primary N) is 1. The van der Waals surface area contributed by atoms with Crippen LogP contribution in [0.25, 0.3) is 0 Å². The van der Waals surface area contributed by atoms with Crippen molar-refractivity contribution in [2.24, 2.45) is 5.73 Å². The van der Waals surface area contributed by atoms with Gasteiger partial charge in [0.05, 0.1) is 12.6 Å². The van der Waals surface area contributed by atoms with E-state index in [1.807, 2.05) is 30.3 Å². The van der Waals surface area contributed by atoms with E-state index < -0.39 is 17.7 Å². The third kappa shape index (κ3) is 6.64. The van der Waals surface area contributed by atoms with Crippen LogP contribution in [0.3, 0.4) is 0 Å². The number of hydrogen-bond donors (Lipinski definition) is 1. The van der Waals surface area contributed by atoms with Crippen molar-refractivity contribution in [3.63, 3.8) is 0 Å². The highest BCUT2D eigenvalue weighted by molar-refractivity contribution is 7.97. The van der Waals surface area contributed by atoms with Gasteiger partial charge in [-0.3, -0.25) is 4.79 Å². The summed E-state index contributed by atoms with van der Waals surface area (Å²) in [7, 11) is 0. The predicted octanol–water partition coefficient (Wildman–Crippen LogP) is 2.85. The topological polar surface area (TPSA) is 72.6 Å². The summed E-state index contributed by atoms with van der Waals surface area (Å²) in [4.78, 5) is 24.4. The van der Waals surface area contributed by atoms with Gasteiger partial charge in [-0.05, 0) is 51.8 Å². The summed E-state index contributed by atoms with van der Waals surface area (Å²) >= 11 is 1.21. The van der Waals surface area contributed by atoms with Gasteiger partial charge in [0.25, 0.3) is 0 Å². The van der Waals surface area contributed by atoms with Crippen molar-refractivity contribution in [1.29, 1.82) is 0 Å². The van der Waals surface area contributed by atoms with Gasteiger partial charge in [-0.1, -0.05) is 18.2 Å². The summed E-state index contributed by atoms with van der Waals surface area (Å²) in [5.41, 5.74) is 5.16. The summed E-state index contributed by atoms with van der Waals surface area (Å²) in [6, 6.07) is 8.67. The predicted molar refractivity (Wildman–Crippen MR) is 83.9 cm³/mol. The Morgan fingerprint density at radius 1 is 1.29 bits per heavy atom. The number of carbonyl (C=O) groups excluding carboxylic acids is 2. The molecule has 1 amide bonds. The number of ether oxygens (including phenoxy) is 1. The molecule has 1 rings (SSSR count). The van der Waals surface area contributed by atoms with Gasteiger partial charge in [0.2, 0.25) is 0 Å². The summed E-state index contributed by atoms with van der Waals surface area (Å²) in [6.45, 7) is 6.89. The highest BCUT2D eigenvalue weighted by Gasteiger charge is 2.25. The molecule has 21 heavy (non-hydrogen) atoms. The van der Waals surface area contributed by atoms with Crippen molar-refractivity contribution in [3.8, 4) is 0 Å². The Bertz CT molecular complexity index is 485. The summed E-state index contributed by atoms with van der Waals surface area (Å²) < 4.78 is 6.73. The van der Waals surface area contributed by atoms with Crippen molar-refractivity contribution in [1.82, 2.24) is 4.31 Å². The maximum Gasteiger partial charge on any atom is 0.420 e. The smallest absolute Gasteiger partial charge is 0.420 e. The van der Waals surface area contributed by atoms with Crippen LogP contribution in [0.1, 0.15) is 27.7 Å².